The molecule has 0 unspecified atom stereocenters. The molecule has 0 fully saturated rings. The van der Waals surface area contributed by atoms with Crippen LogP contribution < -0.4 is 5.32 Å². The lowest BCUT2D eigenvalue weighted by atomic mass is 10.4. The Bertz CT molecular complexity index is 638. The lowest BCUT2D eigenvalue weighted by Gasteiger charge is -2.04. The van der Waals surface area contributed by atoms with Crippen LogP contribution in [0.5, 0.6) is 0 Å². The molecule has 0 atom stereocenters. The predicted octanol–water partition coefficient (Wildman–Crippen LogP) is 1.17. The molecular formula is C12H11N3O5. The van der Waals surface area contributed by atoms with E-state index in [1.54, 1.807) is 0 Å². The van der Waals surface area contributed by atoms with E-state index in [0.717, 1.165) is 0 Å². The maximum absolute atomic E-state index is 11.3. The summed E-state index contributed by atoms with van der Waals surface area (Å²) in [5.41, 5.74) is 0.0724. The van der Waals surface area contributed by atoms with E-state index in [1.165, 1.54) is 31.6 Å². The van der Waals surface area contributed by atoms with Gasteiger partial charge in [-0.15, -0.1) is 0 Å². The molecule has 0 aliphatic rings. The van der Waals surface area contributed by atoms with E-state index in [2.05, 4.69) is 20.0 Å². The van der Waals surface area contributed by atoms with Gasteiger partial charge < -0.3 is 19.6 Å². The number of furan rings is 1. The van der Waals surface area contributed by atoms with Gasteiger partial charge in [0.15, 0.2) is 5.69 Å². The summed E-state index contributed by atoms with van der Waals surface area (Å²) in [6.45, 7) is 0.215. The molecule has 0 saturated carbocycles. The predicted molar refractivity (Wildman–Crippen MR) is 66.4 cm³/mol. The van der Waals surface area contributed by atoms with Gasteiger partial charge in [0.2, 0.25) is 5.76 Å². The minimum absolute atomic E-state index is 0.0724. The number of esters is 1. The van der Waals surface area contributed by atoms with E-state index in [9.17, 15) is 9.59 Å². The third kappa shape index (κ3) is 3.10. The molecule has 2 aromatic rings. The van der Waals surface area contributed by atoms with Crippen LogP contribution in [-0.4, -0.2) is 34.1 Å². The van der Waals surface area contributed by atoms with Gasteiger partial charge in [0, 0.05) is 0 Å². The van der Waals surface area contributed by atoms with Crippen molar-refractivity contribution >= 4 is 17.8 Å². The third-order valence-corrected chi connectivity index (χ3v) is 2.35. The van der Waals surface area contributed by atoms with Gasteiger partial charge in [-0.25, -0.2) is 14.6 Å². The summed E-state index contributed by atoms with van der Waals surface area (Å²) in [6, 6.07) is 2.89. The van der Waals surface area contributed by atoms with E-state index in [-0.39, 0.29) is 18.0 Å². The highest BCUT2D eigenvalue weighted by Gasteiger charge is 2.10. The van der Waals surface area contributed by atoms with Crippen LogP contribution in [0.3, 0.4) is 0 Å². The molecule has 2 heterocycles. The van der Waals surface area contributed by atoms with Gasteiger partial charge in [-0.05, 0) is 12.1 Å². The highest BCUT2D eigenvalue weighted by Crippen LogP contribution is 2.10. The summed E-state index contributed by atoms with van der Waals surface area (Å²) in [7, 11) is 1.25. The number of carboxylic acid groups (broad SMARTS) is 1. The van der Waals surface area contributed by atoms with Gasteiger partial charge in [-0.2, -0.15) is 0 Å². The van der Waals surface area contributed by atoms with Crippen molar-refractivity contribution in [2.75, 3.05) is 12.4 Å². The average Bonchev–Trinajstić information content (AvgIpc) is 2.93. The Balaban J connectivity index is 2.03. The number of aromatic carboxylic acids is 1. The van der Waals surface area contributed by atoms with Crippen LogP contribution in [0.25, 0.3) is 0 Å². The van der Waals surface area contributed by atoms with Crippen molar-refractivity contribution in [3.8, 4) is 0 Å². The molecule has 0 radical (unpaired) electrons. The minimum Gasteiger partial charge on any atom is -0.475 e. The lowest BCUT2D eigenvalue weighted by molar-refractivity contribution is 0.0592. The zero-order valence-electron chi connectivity index (χ0n) is 10.5. The third-order valence-electron chi connectivity index (χ3n) is 2.35. The molecule has 0 aliphatic heterocycles. The van der Waals surface area contributed by atoms with Gasteiger partial charge in [0.1, 0.15) is 11.6 Å². The van der Waals surface area contributed by atoms with Crippen molar-refractivity contribution < 1.29 is 23.8 Å². The zero-order chi connectivity index (χ0) is 14.5. The first-order chi connectivity index (χ1) is 9.60. The van der Waals surface area contributed by atoms with Gasteiger partial charge in [-0.3, -0.25) is 4.98 Å². The molecule has 2 aromatic heterocycles. The number of methoxy groups -OCH3 is 1. The van der Waals surface area contributed by atoms with E-state index < -0.39 is 11.9 Å². The summed E-state index contributed by atoms with van der Waals surface area (Å²) in [5.74, 6) is -1.10. The van der Waals surface area contributed by atoms with Crippen molar-refractivity contribution in [2.45, 2.75) is 6.54 Å². The van der Waals surface area contributed by atoms with Crippen molar-refractivity contribution in [3.63, 3.8) is 0 Å². The van der Waals surface area contributed by atoms with Gasteiger partial charge in [-0.1, -0.05) is 0 Å². The Morgan fingerprint density at radius 2 is 2.20 bits per heavy atom. The maximum atomic E-state index is 11.3. The topological polar surface area (TPSA) is 115 Å². The number of nitrogens with one attached hydrogen (secondary N) is 1. The van der Waals surface area contributed by atoms with Crippen LogP contribution in [0, 0.1) is 0 Å². The molecule has 8 heteroatoms. The Morgan fingerprint density at radius 3 is 2.85 bits per heavy atom. The number of rotatable bonds is 5. The van der Waals surface area contributed by atoms with Crippen molar-refractivity contribution in [1.82, 2.24) is 9.97 Å². The molecule has 0 amide bonds. The van der Waals surface area contributed by atoms with E-state index >= 15 is 0 Å². The van der Waals surface area contributed by atoms with Crippen molar-refractivity contribution in [1.29, 1.82) is 0 Å². The van der Waals surface area contributed by atoms with Crippen LogP contribution >= 0.6 is 0 Å². The Morgan fingerprint density at radius 1 is 1.40 bits per heavy atom. The fourth-order valence-corrected chi connectivity index (χ4v) is 1.42. The molecular weight excluding hydrogens is 266 g/mol. The molecule has 20 heavy (non-hydrogen) atoms. The summed E-state index contributed by atoms with van der Waals surface area (Å²) < 4.78 is 9.59. The molecule has 0 bridgehead atoms. The smallest absolute Gasteiger partial charge is 0.371 e. The molecule has 8 nitrogen and oxygen atoms in total. The van der Waals surface area contributed by atoms with Gasteiger partial charge in [0.05, 0.1) is 26.0 Å². The fourth-order valence-electron chi connectivity index (χ4n) is 1.42. The van der Waals surface area contributed by atoms with Crippen LogP contribution in [0.1, 0.15) is 26.8 Å². The second-order valence-corrected chi connectivity index (χ2v) is 3.71. The number of anilines is 1. The average molecular weight is 277 g/mol. The number of carboxylic acids is 1. The Hall–Kier alpha value is -2.90. The highest BCUT2D eigenvalue weighted by molar-refractivity contribution is 5.87. The zero-order valence-corrected chi connectivity index (χ0v) is 10.5. The number of hydrogen-bond donors (Lipinski definition) is 2. The molecule has 2 N–H and O–H groups in total. The molecule has 0 saturated heterocycles. The monoisotopic (exact) mass is 277 g/mol. The van der Waals surface area contributed by atoms with Gasteiger partial charge >= 0.3 is 11.9 Å². The van der Waals surface area contributed by atoms with Crippen molar-refractivity contribution in [2.24, 2.45) is 0 Å². The first-order valence-corrected chi connectivity index (χ1v) is 5.56. The molecule has 2 rings (SSSR count). The lowest BCUT2D eigenvalue weighted by Crippen LogP contribution is -2.08. The van der Waals surface area contributed by atoms with Crippen LogP contribution in [0.4, 0.5) is 5.82 Å². The number of hydrogen-bond acceptors (Lipinski definition) is 7. The number of carbonyl (C=O) groups excluding carboxylic acids is 1. The van der Waals surface area contributed by atoms with E-state index in [1.807, 2.05) is 0 Å². The van der Waals surface area contributed by atoms with E-state index in [4.69, 9.17) is 9.52 Å². The standard InChI is InChI=1S/C12H11N3O5/c1-19-12(18)8-5-13-6-10(15-8)14-4-7-2-3-9(20-7)11(16)17/h2-3,5-6H,4H2,1H3,(H,14,15)(H,16,17). The number of carbonyl (C=O) groups is 2. The van der Waals surface area contributed by atoms with Crippen LogP contribution in [0.2, 0.25) is 0 Å². The minimum atomic E-state index is -1.14. The fraction of sp³-hybridized carbons (Fsp3) is 0.167. The summed E-state index contributed by atoms with van der Waals surface area (Å²) in [4.78, 5) is 29.8. The Labute approximate surface area is 113 Å². The quantitative estimate of drug-likeness (QED) is 0.782. The SMILES string of the molecule is COC(=O)c1cncc(NCc2ccc(C(=O)O)o2)n1. The largest absolute Gasteiger partial charge is 0.475 e. The molecule has 0 aromatic carbocycles. The van der Waals surface area contributed by atoms with Crippen molar-refractivity contribution in [3.05, 3.63) is 41.7 Å². The molecule has 0 aliphatic carbocycles. The van der Waals surface area contributed by atoms with Crippen LogP contribution in [-0.2, 0) is 11.3 Å². The second-order valence-electron chi connectivity index (χ2n) is 3.71. The summed E-state index contributed by atoms with van der Waals surface area (Å²) in [5, 5.41) is 11.6. The number of ether oxygens (including phenoxy) is 1. The number of nitrogens with zero attached hydrogens (tertiary/aromatic N) is 2. The normalized spacial score (nSPS) is 10.1. The maximum Gasteiger partial charge on any atom is 0.371 e. The highest BCUT2D eigenvalue weighted by atomic mass is 16.5. The number of aromatic nitrogens is 2. The van der Waals surface area contributed by atoms with Gasteiger partial charge in [0.25, 0.3) is 0 Å². The van der Waals surface area contributed by atoms with Crippen LogP contribution in [0.15, 0.2) is 28.9 Å². The first-order valence-electron chi connectivity index (χ1n) is 5.56. The summed E-state index contributed by atoms with van der Waals surface area (Å²) in [6.07, 6.45) is 2.71. The molecule has 0 spiro atoms. The second kappa shape index (κ2) is 5.83. The van der Waals surface area contributed by atoms with E-state index in [0.29, 0.717) is 11.6 Å². The molecule has 104 valence electrons. The Kier molecular flexibility index (Phi) is 3.94. The summed E-state index contributed by atoms with van der Waals surface area (Å²) >= 11 is 0. The first kappa shape index (κ1) is 13.5.